The molecule has 0 saturated heterocycles. The minimum absolute atomic E-state index is 0.228. The molecule has 1 aliphatic heterocycles. The monoisotopic (exact) mass is 139 g/mol. The van der Waals surface area contributed by atoms with Gasteiger partial charge < -0.3 is 5.32 Å². The molecular weight excluding hydrogens is 126 g/mol. The van der Waals surface area contributed by atoms with E-state index < -0.39 is 0 Å². The smallest absolute Gasteiger partial charge is 0.124 e. The topological polar surface area (TPSA) is 27.6 Å². The minimum Gasteiger partial charge on any atom is -0.353 e. The second-order valence-corrected chi connectivity index (χ2v) is 2.29. The van der Waals surface area contributed by atoms with Crippen molar-refractivity contribution in [3.05, 3.63) is 12.3 Å². The molecule has 0 radical (unpaired) electrons. The largest absolute Gasteiger partial charge is 0.353 e. The van der Waals surface area contributed by atoms with Gasteiger partial charge in [0.1, 0.15) is 6.17 Å². The van der Waals surface area contributed by atoms with Crippen LogP contribution in [0.5, 0.6) is 0 Å². The Morgan fingerprint density at radius 3 is 3.00 bits per heavy atom. The Balaban J connectivity index is 2.46. The van der Waals surface area contributed by atoms with Gasteiger partial charge in [-0.3, -0.25) is 9.89 Å². The van der Waals surface area contributed by atoms with Crippen LogP contribution in [0.4, 0.5) is 0 Å². The molecule has 0 aromatic carbocycles. The molecule has 1 rings (SSSR count). The summed E-state index contributed by atoms with van der Waals surface area (Å²) in [5.41, 5.74) is 0. The highest BCUT2D eigenvalue weighted by atomic mass is 15.2. The van der Waals surface area contributed by atoms with Gasteiger partial charge in [0, 0.05) is 6.20 Å². The summed E-state index contributed by atoms with van der Waals surface area (Å²) in [6.07, 6.45) is 5.88. The summed E-state index contributed by atoms with van der Waals surface area (Å²) in [6, 6.07) is 0. The van der Waals surface area contributed by atoms with Crippen LogP contribution in [-0.4, -0.2) is 31.0 Å². The quantitative estimate of drug-likeness (QED) is 0.600. The van der Waals surface area contributed by atoms with Crippen molar-refractivity contribution in [3.8, 4) is 0 Å². The van der Waals surface area contributed by atoms with Gasteiger partial charge in [-0.15, -0.1) is 0 Å². The van der Waals surface area contributed by atoms with Crippen molar-refractivity contribution >= 4 is 6.34 Å². The SMILES string of the molecule is CCN(C)C1C=CNC=N1. The molecule has 56 valence electrons. The summed E-state index contributed by atoms with van der Waals surface area (Å²) in [5.74, 6) is 0. The Hall–Kier alpha value is -0.830. The average molecular weight is 139 g/mol. The minimum atomic E-state index is 0.228. The van der Waals surface area contributed by atoms with Crippen molar-refractivity contribution in [1.82, 2.24) is 10.2 Å². The van der Waals surface area contributed by atoms with Crippen LogP contribution in [0.2, 0.25) is 0 Å². The Kier molecular flexibility index (Phi) is 2.45. The van der Waals surface area contributed by atoms with Gasteiger partial charge in [0.15, 0.2) is 0 Å². The van der Waals surface area contributed by atoms with Crippen molar-refractivity contribution in [3.63, 3.8) is 0 Å². The van der Waals surface area contributed by atoms with Crippen LogP contribution < -0.4 is 5.32 Å². The van der Waals surface area contributed by atoms with Crippen LogP contribution in [0.3, 0.4) is 0 Å². The van der Waals surface area contributed by atoms with E-state index in [9.17, 15) is 0 Å². The van der Waals surface area contributed by atoms with Crippen LogP contribution >= 0.6 is 0 Å². The van der Waals surface area contributed by atoms with E-state index in [0.717, 1.165) is 6.54 Å². The first kappa shape index (κ1) is 7.28. The molecule has 1 aliphatic rings. The van der Waals surface area contributed by atoms with Crippen molar-refractivity contribution in [2.24, 2.45) is 4.99 Å². The molecule has 3 heteroatoms. The Labute approximate surface area is 61.4 Å². The van der Waals surface area contributed by atoms with Gasteiger partial charge in [0.25, 0.3) is 0 Å². The van der Waals surface area contributed by atoms with Crippen molar-refractivity contribution in [2.75, 3.05) is 13.6 Å². The van der Waals surface area contributed by atoms with Gasteiger partial charge in [0.05, 0.1) is 6.34 Å². The molecule has 0 fully saturated rings. The zero-order chi connectivity index (χ0) is 7.40. The first-order valence-corrected chi connectivity index (χ1v) is 3.49. The first-order valence-electron chi connectivity index (χ1n) is 3.49. The molecule has 0 aromatic rings. The van der Waals surface area contributed by atoms with Gasteiger partial charge in [0.2, 0.25) is 0 Å². The van der Waals surface area contributed by atoms with Gasteiger partial charge >= 0.3 is 0 Å². The third kappa shape index (κ3) is 1.57. The fourth-order valence-electron chi connectivity index (χ4n) is 0.802. The average Bonchev–Trinajstić information content (AvgIpc) is 2.05. The second-order valence-electron chi connectivity index (χ2n) is 2.29. The number of likely N-dealkylation sites (N-methyl/N-ethyl adjacent to an activating group) is 1. The fourth-order valence-corrected chi connectivity index (χ4v) is 0.802. The van der Waals surface area contributed by atoms with Crippen LogP contribution in [0, 0.1) is 0 Å². The summed E-state index contributed by atoms with van der Waals surface area (Å²) in [4.78, 5) is 6.36. The molecule has 0 bridgehead atoms. The lowest BCUT2D eigenvalue weighted by Crippen LogP contribution is -2.31. The van der Waals surface area contributed by atoms with E-state index >= 15 is 0 Å². The summed E-state index contributed by atoms with van der Waals surface area (Å²) in [7, 11) is 2.05. The van der Waals surface area contributed by atoms with Crippen LogP contribution in [0.15, 0.2) is 17.3 Å². The number of hydrogen-bond donors (Lipinski definition) is 1. The Morgan fingerprint density at radius 2 is 2.50 bits per heavy atom. The van der Waals surface area contributed by atoms with Gasteiger partial charge in [-0.25, -0.2) is 0 Å². The highest BCUT2D eigenvalue weighted by molar-refractivity contribution is 5.57. The summed E-state index contributed by atoms with van der Waals surface area (Å²) < 4.78 is 0. The van der Waals surface area contributed by atoms with Crippen molar-refractivity contribution in [2.45, 2.75) is 13.1 Å². The van der Waals surface area contributed by atoms with Gasteiger partial charge in [-0.1, -0.05) is 6.92 Å². The van der Waals surface area contributed by atoms with E-state index in [1.165, 1.54) is 0 Å². The molecule has 0 aliphatic carbocycles. The number of rotatable bonds is 2. The number of nitrogens with zero attached hydrogens (tertiary/aromatic N) is 2. The predicted molar refractivity (Wildman–Crippen MR) is 42.9 cm³/mol. The maximum absolute atomic E-state index is 4.20. The summed E-state index contributed by atoms with van der Waals surface area (Å²) in [6.45, 7) is 3.14. The zero-order valence-electron chi connectivity index (χ0n) is 6.41. The predicted octanol–water partition coefficient (Wildman–Crippen LogP) is 0.409. The normalized spacial score (nSPS) is 23.3. The number of aliphatic imine (C=N–C) groups is 1. The van der Waals surface area contributed by atoms with Crippen molar-refractivity contribution in [1.29, 1.82) is 0 Å². The lowest BCUT2D eigenvalue weighted by atomic mass is 10.4. The van der Waals surface area contributed by atoms with E-state index in [1.54, 1.807) is 6.34 Å². The molecular formula is C7H13N3. The molecule has 1 unspecified atom stereocenters. The van der Waals surface area contributed by atoms with Crippen LogP contribution in [0.1, 0.15) is 6.92 Å². The maximum Gasteiger partial charge on any atom is 0.124 e. The number of hydrogen-bond acceptors (Lipinski definition) is 3. The highest BCUT2D eigenvalue weighted by Gasteiger charge is 2.07. The highest BCUT2D eigenvalue weighted by Crippen LogP contribution is 2.00. The third-order valence-corrected chi connectivity index (χ3v) is 1.62. The van der Waals surface area contributed by atoms with E-state index in [4.69, 9.17) is 0 Å². The third-order valence-electron chi connectivity index (χ3n) is 1.62. The van der Waals surface area contributed by atoms with Gasteiger partial charge in [-0.05, 0) is 19.7 Å². The molecule has 0 saturated carbocycles. The first-order chi connectivity index (χ1) is 4.84. The zero-order valence-corrected chi connectivity index (χ0v) is 6.41. The molecule has 1 N–H and O–H groups in total. The molecule has 1 atom stereocenters. The molecule has 0 aromatic heterocycles. The standard InChI is InChI=1S/C7H13N3/c1-3-10(2)7-4-5-8-6-9-7/h4-7H,3H2,1-2H3,(H,8,9). The van der Waals surface area contributed by atoms with Crippen LogP contribution in [0.25, 0.3) is 0 Å². The fraction of sp³-hybridized carbons (Fsp3) is 0.571. The summed E-state index contributed by atoms with van der Waals surface area (Å²) in [5, 5.41) is 2.89. The van der Waals surface area contributed by atoms with E-state index in [0.29, 0.717) is 0 Å². The molecule has 10 heavy (non-hydrogen) atoms. The number of nitrogens with one attached hydrogen (secondary N) is 1. The summed E-state index contributed by atoms with van der Waals surface area (Å²) >= 11 is 0. The van der Waals surface area contributed by atoms with Gasteiger partial charge in [-0.2, -0.15) is 0 Å². The molecule has 0 spiro atoms. The Morgan fingerprint density at radius 1 is 1.70 bits per heavy atom. The molecule has 0 amide bonds. The van der Waals surface area contributed by atoms with E-state index in [-0.39, 0.29) is 6.17 Å². The van der Waals surface area contributed by atoms with Crippen molar-refractivity contribution < 1.29 is 0 Å². The maximum atomic E-state index is 4.20. The lowest BCUT2D eigenvalue weighted by Gasteiger charge is -2.21. The molecule has 1 heterocycles. The molecule has 3 nitrogen and oxygen atoms in total. The second kappa shape index (κ2) is 3.37. The Bertz CT molecular complexity index is 139. The van der Waals surface area contributed by atoms with E-state index in [1.807, 2.05) is 12.3 Å². The van der Waals surface area contributed by atoms with Crippen LogP contribution in [-0.2, 0) is 0 Å². The lowest BCUT2D eigenvalue weighted by molar-refractivity contribution is 0.303. The van der Waals surface area contributed by atoms with E-state index in [2.05, 4.69) is 29.2 Å².